The van der Waals surface area contributed by atoms with Crippen LogP contribution in [0.25, 0.3) is 0 Å². The first-order valence-electron chi connectivity index (χ1n) is 6.01. The summed E-state index contributed by atoms with van der Waals surface area (Å²) in [7, 11) is 0. The zero-order valence-corrected chi connectivity index (χ0v) is 11.2. The average molecular weight is 250 g/mol. The van der Waals surface area contributed by atoms with Crippen LogP contribution in [0.3, 0.4) is 0 Å². The predicted molar refractivity (Wildman–Crippen MR) is 67.3 cm³/mol. The van der Waals surface area contributed by atoms with E-state index >= 15 is 0 Å². The van der Waals surface area contributed by atoms with E-state index in [0.29, 0.717) is 12.0 Å². The zero-order valence-electron chi connectivity index (χ0n) is 11.2. The third-order valence-corrected chi connectivity index (χ3v) is 3.54. The molecule has 0 amide bonds. The number of phenolic OH excluding ortho intramolecular Hbond substituents is 1. The summed E-state index contributed by atoms with van der Waals surface area (Å²) >= 11 is 0. The first kappa shape index (κ1) is 12.7. The Morgan fingerprint density at radius 2 is 2.00 bits per heavy atom. The summed E-state index contributed by atoms with van der Waals surface area (Å²) in [6, 6.07) is 0. The molecule has 0 spiro atoms. The molecule has 0 aromatic heterocycles. The van der Waals surface area contributed by atoms with Crippen LogP contribution < -0.4 is 9.47 Å². The molecule has 1 aromatic rings. The van der Waals surface area contributed by atoms with Crippen LogP contribution in [0.5, 0.6) is 17.2 Å². The van der Waals surface area contributed by atoms with Crippen LogP contribution in [0.4, 0.5) is 0 Å². The van der Waals surface area contributed by atoms with Crippen LogP contribution in [0, 0.1) is 13.8 Å². The highest BCUT2D eigenvalue weighted by Gasteiger charge is 2.32. The van der Waals surface area contributed by atoms with Crippen molar-refractivity contribution >= 4 is 6.47 Å². The van der Waals surface area contributed by atoms with E-state index in [2.05, 4.69) is 0 Å². The van der Waals surface area contributed by atoms with Gasteiger partial charge in [0, 0.05) is 11.1 Å². The lowest BCUT2D eigenvalue weighted by molar-refractivity contribution is -0.120. The minimum absolute atomic E-state index is 0.0293. The van der Waals surface area contributed by atoms with E-state index in [-0.39, 0.29) is 17.1 Å². The highest BCUT2D eigenvalue weighted by Crippen LogP contribution is 2.47. The van der Waals surface area contributed by atoms with Crippen molar-refractivity contribution in [1.29, 1.82) is 0 Å². The van der Waals surface area contributed by atoms with Crippen LogP contribution in [-0.4, -0.2) is 17.2 Å². The van der Waals surface area contributed by atoms with Crippen LogP contribution in [0.15, 0.2) is 0 Å². The molecular weight excluding hydrogens is 232 g/mol. The molecule has 0 unspecified atom stereocenters. The quantitative estimate of drug-likeness (QED) is 0.820. The van der Waals surface area contributed by atoms with Crippen molar-refractivity contribution in [2.75, 3.05) is 0 Å². The molecular formula is C14H18O4. The van der Waals surface area contributed by atoms with E-state index in [4.69, 9.17) is 9.47 Å². The predicted octanol–water partition coefficient (Wildman–Crippen LogP) is 2.65. The Kier molecular flexibility index (Phi) is 2.97. The Labute approximate surface area is 107 Å². The summed E-state index contributed by atoms with van der Waals surface area (Å²) in [5.41, 5.74) is 2.12. The number of hydrogen-bond donors (Lipinski definition) is 1. The fourth-order valence-electron chi connectivity index (χ4n) is 2.28. The number of phenols is 1. The van der Waals surface area contributed by atoms with Gasteiger partial charge in [0.05, 0.1) is 0 Å². The lowest BCUT2D eigenvalue weighted by Crippen LogP contribution is -2.33. The lowest BCUT2D eigenvalue weighted by atomic mass is 9.90. The Bertz CT molecular complexity index is 503. The van der Waals surface area contributed by atoms with Crippen molar-refractivity contribution in [2.24, 2.45) is 0 Å². The van der Waals surface area contributed by atoms with Gasteiger partial charge in [-0.15, -0.1) is 0 Å². The minimum atomic E-state index is -0.236. The molecule has 2 rings (SSSR count). The lowest BCUT2D eigenvalue weighted by Gasteiger charge is -2.34. The summed E-state index contributed by atoms with van der Waals surface area (Å²) in [5, 5.41) is 10.1. The number of fused-ring (bicyclic) bond motifs is 1. The first-order chi connectivity index (χ1) is 8.37. The summed E-state index contributed by atoms with van der Waals surface area (Å²) in [5.74, 6) is 0.999. The molecule has 1 aliphatic heterocycles. The first-order valence-corrected chi connectivity index (χ1v) is 6.01. The van der Waals surface area contributed by atoms with Crippen molar-refractivity contribution in [3.05, 3.63) is 16.7 Å². The summed E-state index contributed by atoms with van der Waals surface area (Å²) in [4.78, 5) is 10.6. The normalized spacial score (nSPS) is 16.7. The van der Waals surface area contributed by atoms with Crippen LogP contribution >= 0.6 is 0 Å². The van der Waals surface area contributed by atoms with Gasteiger partial charge in [-0.05, 0) is 46.1 Å². The zero-order chi connectivity index (χ0) is 13.5. The third-order valence-electron chi connectivity index (χ3n) is 3.54. The second-order valence-corrected chi connectivity index (χ2v) is 5.31. The molecule has 4 heteroatoms. The third kappa shape index (κ3) is 1.92. The van der Waals surface area contributed by atoms with E-state index in [1.165, 1.54) is 0 Å². The maximum Gasteiger partial charge on any atom is 0.298 e. The SMILES string of the molecule is Cc1c(C)c2c(c(OC=O)c1O)CCC(C)(C)O2. The van der Waals surface area contributed by atoms with Crippen molar-refractivity contribution in [1.82, 2.24) is 0 Å². The van der Waals surface area contributed by atoms with Gasteiger partial charge in [-0.2, -0.15) is 0 Å². The Balaban J connectivity index is 2.65. The standard InChI is InChI=1S/C14H18O4/c1-8-9(2)12-10(5-6-14(3,4)18-12)13(11(8)16)17-7-15/h7,16H,5-6H2,1-4H3. The molecule has 1 N–H and O–H groups in total. The number of carbonyl (C=O) groups excluding carboxylic acids is 1. The summed E-state index contributed by atoms with van der Waals surface area (Å²) in [6.07, 6.45) is 1.54. The fraction of sp³-hybridized carbons (Fsp3) is 0.500. The van der Waals surface area contributed by atoms with E-state index < -0.39 is 0 Å². The number of rotatable bonds is 2. The van der Waals surface area contributed by atoms with Crippen LogP contribution in [0.2, 0.25) is 0 Å². The van der Waals surface area contributed by atoms with Gasteiger partial charge >= 0.3 is 0 Å². The van der Waals surface area contributed by atoms with Gasteiger partial charge in [-0.25, -0.2) is 0 Å². The molecule has 18 heavy (non-hydrogen) atoms. The maximum atomic E-state index is 10.6. The van der Waals surface area contributed by atoms with Gasteiger partial charge in [-0.3, -0.25) is 4.79 Å². The molecule has 0 fully saturated rings. The number of aromatic hydroxyl groups is 1. The van der Waals surface area contributed by atoms with E-state index in [0.717, 1.165) is 29.7 Å². The summed E-state index contributed by atoms with van der Waals surface area (Å²) < 4.78 is 10.9. The molecule has 0 bridgehead atoms. The average Bonchev–Trinajstić information content (AvgIpc) is 2.31. The number of benzene rings is 1. The van der Waals surface area contributed by atoms with Gasteiger partial charge in [0.2, 0.25) is 0 Å². The minimum Gasteiger partial charge on any atom is -0.504 e. The van der Waals surface area contributed by atoms with Gasteiger partial charge in [-0.1, -0.05) is 0 Å². The molecule has 0 saturated carbocycles. The van der Waals surface area contributed by atoms with E-state index in [9.17, 15) is 9.90 Å². The highest BCUT2D eigenvalue weighted by molar-refractivity contribution is 5.65. The summed E-state index contributed by atoms with van der Waals surface area (Å²) in [6.45, 7) is 8.08. The molecule has 0 aliphatic carbocycles. The van der Waals surface area contributed by atoms with Gasteiger partial charge in [0.25, 0.3) is 6.47 Å². The molecule has 98 valence electrons. The van der Waals surface area contributed by atoms with Crippen molar-refractivity contribution in [3.8, 4) is 17.2 Å². The Hall–Kier alpha value is -1.71. The van der Waals surface area contributed by atoms with E-state index in [1.807, 2.05) is 20.8 Å². The molecule has 1 aliphatic rings. The smallest absolute Gasteiger partial charge is 0.298 e. The number of hydrogen-bond acceptors (Lipinski definition) is 4. The van der Waals surface area contributed by atoms with E-state index in [1.54, 1.807) is 6.92 Å². The van der Waals surface area contributed by atoms with Crippen molar-refractivity contribution < 1.29 is 19.4 Å². The molecule has 1 aromatic carbocycles. The van der Waals surface area contributed by atoms with Crippen molar-refractivity contribution in [3.63, 3.8) is 0 Å². The second kappa shape index (κ2) is 4.19. The Morgan fingerprint density at radius 1 is 1.33 bits per heavy atom. The van der Waals surface area contributed by atoms with Gasteiger partial charge < -0.3 is 14.6 Å². The van der Waals surface area contributed by atoms with Crippen LogP contribution in [0.1, 0.15) is 37.0 Å². The molecule has 0 saturated heterocycles. The van der Waals surface area contributed by atoms with Gasteiger partial charge in [0.15, 0.2) is 11.5 Å². The molecule has 0 atom stereocenters. The topological polar surface area (TPSA) is 55.8 Å². The monoisotopic (exact) mass is 250 g/mol. The molecule has 4 nitrogen and oxygen atoms in total. The number of carbonyl (C=O) groups is 1. The maximum absolute atomic E-state index is 10.6. The van der Waals surface area contributed by atoms with Crippen LogP contribution in [-0.2, 0) is 11.2 Å². The molecule has 1 heterocycles. The fourth-order valence-corrected chi connectivity index (χ4v) is 2.28. The van der Waals surface area contributed by atoms with Gasteiger partial charge in [0.1, 0.15) is 11.4 Å². The van der Waals surface area contributed by atoms with Crippen molar-refractivity contribution in [2.45, 2.75) is 46.1 Å². The molecule has 0 radical (unpaired) electrons. The second-order valence-electron chi connectivity index (χ2n) is 5.31. The number of ether oxygens (including phenoxy) is 2. The highest BCUT2D eigenvalue weighted by atomic mass is 16.5. The largest absolute Gasteiger partial charge is 0.504 e. The Morgan fingerprint density at radius 3 is 2.61 bits per heavy atom.